The number of nitrogens with one attached hydrogen (secondary N) is 2. The maximum absolute atomic E-state index is 12.3. The van der Waals surface area contributed by atoms with Gasteiger partial charge in [0.2, 0.25) is 0 Å². The minimum Gasteiger partial charge on any atom is -0.390 e. The van der Waals surface area contributed by atoms with Gasteiger partial charge in [-0.15, -0.1) is 0 Å². The second-order valence-electron chi connectivity index (χ2n) is 6.94. The lowest BCUT2D eigenvalue weighted by Crippen LogP contribution is -2.53. The van der Waals surface area contributed by atoms with Gasteiger partial charge in [-0.1, -0.05) is 18.2 Å². The summed E-state index contributed by atoms with van der Waals surface area (Å²) in [5.41, 5.74) is 2.95. The maximum Gasteiger partial charge on any atom is 0.251 e. The van der Waals surface area contributed by atoms with E-state index in [9.17, 15) is 14.7 Å². The van der Waals surface area contributed by atoms with Crippen LogP contribution < -0.4 is 10.7 Å². The maximum atomic E-state index is 12.3. The average molecular weight is 355 g/mol. The highest BCUT2D eigenvalue weighted by molar-refractivity contribution is 5.94. The Morgan fingerprint density at radius 1 is 1.31 bits per heavy atom. The predicted molar refractivity (Wildman–Crippen MR) is 100 cm³/mol. The number of hydrogen-bond donors (Lipinski definition) is 3. The van der Waals surface area contributed by atoms with Crippen LogP contribution in [0.1, 0.15) is 33.6 Å². The van der Waals surface area contributed by atoms with Crippen LogP contribution in [-0.4, -0.2) is 46.1 Å². The number of piperidine rings is 1. The van der Waals surface area contributed by atoms with Gasteiger partial charge in [-0.2, -0.15) is 0 Å². The highest BCUT2D eigenvalue weighted by Gasteiger charge is 2.29. The van der Waals surface area contributed by atoms with E-state index in [1.165, 1.54) is 0 Å². The first-order valence-electron chi connectivity index (χ1n) is 8.90. The van der Waals surface area contributed by atoms with E-state index in [0.29, 0.717) is 30.6 Å². The number of pyridine rings is 1. The molecule has 1 aromatic heterocycles. The number of carbonyl (C=O) groups excluding carboxylic acids is 1. The van der Waals surface area contributed by atoms with Crippen LogP contribution in [0.2, 0.25) is 0 Å². The normalized spacial score (nSPS) is 20.7. The molecule has 2 atom stereocenters. The lowest BCUT2D eigenvalue weighted by atomic mass is 10.0. The van der Waals surface area contributed by atoms with Crippen molar-refractivity contribution in [2.24, 2.45) is 0 Å². The number of likely N-dealkylation sites (tertiary alicyclic amines) is 1. The molecule has 2 aromatic rings. The fraction of sp³-hybridized carbons (Fsp3) is 0.400. The summed E-state index contributed by atoms with van der Waals surface area (Å²) in [6, 6.07) is 8.75. The number of nitrogens with zero attached hydrogens (tertiary/aromatic N) is 1. The van der Waals surface area contributed by atoms with Crippen molar-refractivity contribution >= 4 is 5.91 Å². The molecule has 138 valence electrons. The summed E-state index contributed by atoms with van der Waals surface area (Å²) in [5, 5.41) is 13.4. The van der Waals surface area contributed by atoms with E-state index in [4.69, 9.17) is 0 Å². The number of aryl methyl sites for hydroxylation is 1. The summed E-state index contributed by atoms with van der Waals surface area (Å²) in [6.07, 6.45) is 1.75. The van der Waals surface area contributed by atoms with Gasteiger partial charge in [-0.25, -0.2) is 0 Å². The molecule has 26 heavy (non-hydrogen) atoms. The molecule has 1 aliphatic heterocycles. The van der Waals surface area contributed by atoms with E-state index in [1.807, 2.05) is 25.1 Å². The van der Waals surface area contributed by atoms with Crippen LogP contribution in [0, 0.1) is 13.8 Å². The van der Waals surface area contributed by atoms with Crippen LogP contribution in [0.25, 0.3) is 0 Å². The fourth-order valence-electron chi connectivity index (χ4n) is 3.34. The van der Waals surface area contributed by atoms with Crippen LogP contribution in [0.5, 0.6) is 0 Å². The number of β-amino-alcohol motifs (C(OH)–C–C–N with tert-alkyl or cyclic N) is 1. The number of aliphatic hydroxyl groups excluding tert-OH is 1. The summed E-state index contributed by atoms with van der Waals surface area (Å²) in [4.78, 5) is 29.6. The first-order valence-corrected chi connectivity index (χ1v) is 8.90. The molecular formula is C20H25N3O3. The minimum atomic E-state index is -0.645. The summed E-state index contributed by atoms with van der Waals surface area (Å²) < 4.78 is 0. The molecule has 3 rings (SSSR count). The summed E-state index contributed by atoms with van der Waals surface area (Å²) in [7, 11) is 0. The average Bonchev–Trinajstić information content (AvgIpc) is 2.65. The molecular weight excluding hydrogens is 330 g/mol. The molecule has 1 aliphatic rings. The van der Waals surface area contributed by atoms with Crippen molar-refractivity contribution in [3.8, 4) is 0 Å². The van der Waals surface area contributed by atoms with Gasteiger partial charge in [0.15, 0.2) is 5.43 Å². The zero-order valence-electron chi connectivity index (χ0n) is 15.2. The van der Waals surface area contributed by atoms with Crippen molar-refractivity contribution in [1.29, 1.82) is 0 Å². The van der Waals surface area contributed by atoms with Gasteiger partial charge in [0.25, 0.3) is 5.91 Å². The molecule has 0 spiro atoms. The Morgan fingerprint density at radius 2 is 2.04 bits per heavy atom. The Morgan fingerprint density at radius 3 is 2.73 bits per heavy atom. The van der Waals surface area contributed by atoms with Gasteiger partial charge < -0.3 is 15.4 Å². The Labute approximate surface area is 152 Å². The molecule has 6 nitrogen and oxygen atoms in total. The Bertz CT molecular complexity index is 832. The van der Waals surface area contributed by atoms with Crippen molar-refractivity contribution in [1.82, 2.24) is 15.2 Å². The largest absolute Gasteiger partial charge is 0.390 e. The molecule has 1 amide bonds. The first-order chi connectivity index (χ1) is 12.5. The quantitative estimate of drug-likeness (QED) is 0.773. The number of aromatic nitrogens is 1. The number of aliphatic hydroxyl groups is 1. The van der Waals surface area contributed by atoms with Crippen molar-refractivity contribution < 1.29 is 9.90 Å². The smallest absolute Gasteiger partial charge is 0.251 e. The number of H-pyrrole nitrogens is 1. The van der Waals surface area contributed by atoms with E-state index >= 15 is 0 Å². The van der Waals surface area contributed by atoms with Crippen LogP contribution in [-0.2, 0) is 6.54 Å². The number of rotatable bonds is 4. The number of carbonyl (C=O) groups is 1. The van der Waals surface area contributed by atoms with Gasteiger partial charge in [-0.3, -0.25) is 14.5 Å². The Kier molecular flexibility index (Phi) is 5.54. The van der Waals surface area contributed by atoms with Gasteiger partial charge in [0.1, 0.15) is 0 Å². The van der Waals surface area contributed by atoms with E-state index in [-0.39, 0.29) is 17.4 Å². The van der Waals surface area contributed by atoms with Crippen molar-refractivity contribution in [2.45, 2.75) is 39.0 Å². The molecule has 0 radical (unpaired) electrons. The highest BCUT2D eigenvalue weighted by Crippen LogP contribution is 2.15. The lowest BCUT2D eigenvalue weighted by molar-refractivity contribution is 0.0344. The van der Waals surface area contributed by atoms with E-state index in [2.05, 4.69) is 15.2 Å². The zero-order valence-corrected chi connectivity index (χ0v) is 15.2. The lowest BCUT2D eigenvalue weighted by Gasteiger charge is -2.36. The summed E-state index contributed by atoms with van der Waals surface area (Å²) >= 11 is 0. The van der Waals surface area contributed by atoms with Crippen molar-refractivity contribution in [2.75, 3.05) is 13.1 Å². The second-order valence-corrected chi connectivity index (χ2v) is 6.94. The third-order valence-electron chi connectivity index (χ3n) is 5.01. The second kappa shape index (κ2) is 7.85. The molecule has 1 aromatic carbocycles. The molecule has 3 N–H and O–H groups in total. The standard InChI is InChI=1S/C20H25N3O3/c1-13-10-21-17(14(2)19(13)25)11-23-9-8-16(18(24)12-23)22-20(26)15-6-4-3-5-7-15/h3-7,10,16,18,24H,8-9,11-12H2,1-2H3,(H,21,25)(H,22,26)/t16-,18-/m0/s1. The molecule has 6 heteroatoms. The highest BCUT2D eigenvalue weighted by atomic mass is 16.3. The van der Waals surface area contributed by atoms with Gasteiger partial charge in [-0.05, 0) is 32.4 Å². The number of hydrogen-bond acceptors (Lipinski definition) is 4. The van der Waals surface area contributed by atoms with Crippen LogP contribution in [0.15, 0.2) is 41.3 Å². The molecule has 0 aliphatic carbocycles. The summed E-state index contributed by atoms with van der Waals surface area (Å²) in [6.45, 7) is 5.39. The molecule has 1 fully saturated rings. The third kappa shape index (κ3) is 4.03. The van der Waals surface area contributed by atoms with Crippen LogP contribution >= 0.6 is 0 Å². The number of aromatic amines is 1. The van der Waals surface area contributed by atoms with Gasteiger partial charge in [0.05, 0.1) is 12.1 Å². The SMILES string of the molecule is Cc1c[nH]c(CN2CC[C@H](NC(=O)c3ccccc3)[C@@H](O)C2)c(C)c1=O. The Balaban J connectivity index is 1.59. The first kappa shape index (κ1) is 18.4. The van der Waals surface area contributed by atoms with E-state index in [0.717, 1.165) is 17.8 Å². The van der Waals surface area contributed by atoms with Crippen molar-refractivity contribution in [3.63, 3.8) is 0 Å². The molecule has 0 unspecified atom stereocenters. The van der Waals surface area contributed by atoms with E-state index < -0.39 is 6.10 Å². The molecule has 1 saturated heterocycles. The number of amides is 1. The molecule has 2 heterocycles. The zero-order chi connectivity index (χ0) is 18.7. The number of benzene rings is 1. The topological polar surface area (TPSA) is 85.4 Å². The fourth-order valence-corrected chi connectivity index (χ4v) is 3.34. The summed E-state index contributed by atoms with van der Waals surface area (Å²) in [5.74, 6) is -0.165. The van der Waals surface area contributed by atoms with Crippen LogP contribution in [0.3, 0.4) is 0 Å². The van der Waals surface area contributed by atoms with Crippen molar-refractivity contribution in [3.05, 3.63) is 69.1 Å². The third-order valence-corrected chi connectivity index (χ3v) is 5.01. The molecule has 0 bridgehead atoms. The monoisotopic (exact) mass is 355 g/mol. The van der Waals surface area contributed by atoms with E-state index in [1.54, 1.807) is 25.3 Å². The minimum absolute atomic E-state index is 0.0595. The molecule has 0 saturated carbocycles. The van der Waals surface area contributed by atoms with Gasteiger partial charge in [0, 0.05) is 48.2 Å². The predicted octanol–water partition coefficient (Wildman–Crippen LogP) is 1.36. The van der Waals surface area contributed by atoms with Gasteiger partial charge >= 0.3 is 0 Å². The Hall–Kier alpha value is -2.44. The van der Waals surface area contributed by atoms with Crippen LogP contribution in [0.4, 0.5) is 0 Å².